The number of hydrogen-bond acceptors (Lipinski definition) is 8. The summed E-state index contributed by atoms with van der Waals surface area (Å²) in [4.78, 5) is 15.2. The van der Waals surface area contributed by atoms with Crippen LogP contribution in [0.1, 0.15) is 25.0 Å². The lowest BCUT2D eigenvalue weighted by Gasteiger charge is -2.26. The van der Waals surface area contributed by atoms with Crippen LogP contribution in [0.4, 0.5) is 4.39 Å². The number of amides is 1. The number of benzene rings is 2. The van der Waals surface area contributed by atoms with Gasteiger partial charge >= 0.3 is 0 Å². The maximum atomic E-state index is 14.5. The lowest BCUT2D eigenvalue weighted by Crippen LogP contribution is -2.38. The van der Waals surface area contributed by atoms with E-state index in [2.05, 4.69) is 44.9 Å². The number of aromatic nitrogens is 2. The SMILES string of the molecule is COc1cccc(F)c1CN(CCNC(=O)C1=CC2C(c3ccc4nonc4c3)=NNC2C=C1)CC(C)C. The number of nitrogens with one attached hydrogen (secondary N) is 2. The highest BCUT2D eigenvalue weighted by Crippen LogP contribution is 2.28. The average Bonchev–Trinajstić information content (AvgIpc) is 3.55. The second-order valence-corrected chi connectivity index (χ2v) is 9.93. The van der Waals surface area contributed by atoms with Gasteiger partial charge in [-0.25, -0.2) is 9.02 Å². The normalized spacial score (nSPS) is 18.4. The Morgan fingerprint density at radius 1 is 1.24 bits per heavy atom. The third-order valence-electron chi connectivity index (χ3n) is 6.71. The van der Waals surface area contributed by atoms with Crippen molar-refractivity contribution in [2.75, 3.05) is 26.7 Å². The van der Waals surface area contributed by atoms with E-state index in [1.165, 1.54) is 6.07 Å². The summed E-state index contributed by atoms with van der Waals surface area (Å²) >= 11 is 0. The van der Waals surface area contributed by atoms with Crippen molar-refractivity contribution in [2.45, 2.75) is 26.4 Å². The van der Waals surface area contributed by atoms with E-state index in [9.17, 15) is 9.18 Å². The summed E-state index contributed by atoms with van der Waals surface area (Å²) in [6.45, 7) is 6.39. The molecule has 2 unspecified atom stereocenters. The fraction of sp³-hybridized carbons (Fsp3) is 0.357. The number of fused-ring (bicyclic) bond motifs is 2. The first-order chi connectivity index (χ1) is 18.4. The summed E-state index contributed by atoms with van der Waals surface area (Å²) in [6, 6.07) is 10.5. The van der Waals surface area contributed by atoms with Crippen molar-refractivity contribution >= 4 is 22.7 Å². The van der Waals surface area contributed by atoms with Gasteiger partial charge in [0.05, 0.1) is 18.9 Å². The van der Waals surface area contributed by atoms with Gasteiger partial charge in [-0.1, -0.05) is 44.2 Å². The molecule has 2 aliphatic rings. The standard InChI is InChI=1S/C28H31FN6O3/c1-17(2)15-35(16-21-22(29)5-4-6-26(21)37-3)12-11-30-28(36)19-8-9-23-20(13-19)27(32-31-23)18-7-10-24-25(14-18)34-38-33-24/h4-10,13-14,17,20,23,31H,11-12,15-16H2,1-3H3,(H,30,36). The van der Waals surface area contributed by atoms with Crippen LogP contribution in [-0.2, 0) is 11.3 Å². The fourth-order valence-electron chi connectivity index (χ4n) is 4.91. The van der Waals surface area contributed by atoms with Gasteiger partial charge in [0.2, 0.25) is 0 Å². The van der Waals surface area contributed by atoms with Gasteiger partial charge in [-0.15, -0.1) is 0 Å². The van der Waals surface area contributed by atoms with Crippen molar-refractivity contribution in [3.63, 3.8) is 0 Å². The molecule has 10 heteroatoms. The Kier molecular flexibility index (Phi) is 7.50. The van der Waals surface area contributed by atoms with E-state index in [-0.39, 0.29) is 23.7 Å². The number of methoxy groups -OCH3 is 1. The average molecular weight is 519 g/mol. The zero-order chi connectivity index (χ0) is 26.6. The molecule has 3 aromatic rings. The van der Waals surface area contributed by atoms with Crippen LogP contribution >= 0.6 is 0 Å². The molecule has 0 saturated heterocycles. The lowest BCUT2D eigenvalue weighted by atomic mass is 9.86. The topological polar surface area (TPSA) is 105 Å². The van der Waals surface area contributed by atoms with Crippen LogP contribution in [0.2, 0.25) is 0 Å². The number of hydrogen-bond donors (Lipinski definition) is 2. The Hall–Kier alpha value is -4.05. The van der Waals surface area contributed by atoms with E-state index in [1.54, 1.807) is 19.2 Å². The van der Waals surface area contributed by atoms with E-state index in [4.69, 9.17) is 9.37 Å². The van der Waals surface area contributed by atoms with Crippen molar-refractivity contribution in [1.82, 2.24) is 26.0 Å². The predicted molar refractivity (Wildman–Crippen MR) is 142 cm³/mol. The van der Waals surface area contributed by atoms with Crippen molar-refractivity contribution in [3.05, 3.63) is 77.1 Å². The fourth-order valence-corrected chi connectivity index (χ4v) is 4.91. The van der Waals surface area contributed by atoms with Gasteiger partial charge in [0.1, 0.15) is 22.6 Å². The second kappa shape index (κ2) is 11.1. The minimum absolute atomic E-state index is 0.0232. The minimum Gasteiger partial charge on any atom is -0.496 e. The Labute approximate surface area is 220 Å². The molecule has 2 atom stereocenters. The Morgan fingerprint density at radius 2 is 2.08 bits per heavy atom. The summed E-state index contributed by atoms with van der Waals surface area (Å²) < 4.78 is 24.7. The molecule has 5 rings (SSSR count). The molecule has 198 valence electrons. The van der Waals surface area contributed by atoms with Crippen LogP contribution < -0.4 is 15.5 Å². The largest absolute Gasteiger partial charge is 0.496 e. The van der Waals surface area contributed by atoms with Crippen LogP contribution in [-0.4, -0.2) is 59.6 Å². The third-order valence-corrected chi connectivity index (χ3v) is 6.71. The maximum absolute atomic E-state index is 14.5. The molecule has 2 aromatic carbocycles. The number of rotatable bonds is 10. The molecule has 2 heterocycles. The van der Waals surface area contributed by atoms with Gasteiger partial charge in [-0.2, -0.15) is 5.10 Å². The number of carbonyl (C=O) groups excluding carboxylic acids is 1. The number of carbonyl (C=O) groups is 1. The zero-order valence-electron chi connectivity index (χ0n) is 21.6. The molecule has 1 aromatic heterocycles. The van der Waals surface area contributed by atoms with Gasteiger partial charge in [-0.05, 0) is 40.5 Å². The van der Waals surface area contributed by atoms with Gasteiger partial charge < -0.3 is 15.5 Å². The van der Waals surface area contributed by atoms with E-state index >= 15 is 0 Å². The van der Waals surface area contributed by atoms with Gasteiger partial charge in [0.15, 0.2) is 0 Å². The van der Waals surface area contributed by atoms with Crippen molar-refractivity contribution in [2.24, 2.45) is 16.9 Å². The number of ether oxygens (including phenoxy) is 1. The summed E-state index contributed by atoms with van der Waals surface area (Å²) in [5, 5.41) is 15.3. The van der Waals surface area contributed by atoms with Gasteiger partial charge in [-0.3, -0.25) is 9.69 Å². The Bertz CT molecular complexity index is 1410. The van der Waals surface area contributed by atoms with E-state index in [0.717, 1.165) is 17.8 Å². The Morgan fingerprint density at radius 3 is 2.89 bits per heavy atom. The highest BCUT2D eigenvalue weighted by atomic mass is 19.1. The predicted octanol–water partition coefficient (Wildman–Crippen LogP) is 3.43. The molecule has 0 spiro atoms. The molecule has 0 bridgehead atoms. The molecule has 0 saturated carbocycles. The molecule has 1 aliphatic carbocycles. The zero-order valence-corrected chi connectivity index (χ0v) is 21.6. The maximum Gasteiger partial charge on any atom is 0.251 e. The minimum atomic E-state index is -0.296. The number of nitrogens with zero attached hydrogens (tertiary/aromatic N) is 4. The van der Waals surface area contributed by atoms with Gasteiger partial charge in [0, 0.05) is 48.8 Å². The van der Waals surface area contributed by atoms with E-state index < -0.39 is 0 Å². The molecule has 1 amide bonds. The number of halogens is 1. The number of hydrazone groups is 1. The highest BCUT2D eigenvalue weighted by molar-refractivity contribution is 6.08. The van der Waals surface area contributed by atoms with Crippen LogP contribution in [0, 0.1) is 17.7 Å². The first-order valence-electron chi connectivity index (χ1n) is 12.7. The van der Waals surface area contributed by atoms with E-state index in [1.807, 2.05) is 36.4 Å². The van der Waals surface area contributed by atoms with Crippen molar-refractivity contribution in [3.8, 4) is 5.75 Å². The summed E-state index contributed by atoms with van der Waals surface area (Å²) in [7, 11) is 1.54. The molecular formula is C28H31FN6O3. The molecule has 9 nitrogen and oxygen atoms in total. The molecular weight excluding hydrogens is 487 g/mol. The smallest absolute Gasteiger partial charge is 0.251 e. The quantitative estimate of drug-likeness (QED) is 0.424. The van der Waals surface area contributed by atoms with Crippen LogP contribution in [0.3, 0.4) is 0 Å². The molecule has 0 radical (unpaired) electrons. The molecule has 0 fully saturated rings. The van der Waals surface area contributed by atoms with E-state index in [0.29, 0.717) is 53.5 Å². The van der Waals surface area contributed by atoms with Crippen LogP contribution in [0.25, 0.3) is 11.0 Å². The van der Waals surface area contributed by atoms with Crippen molar-refractivity contribution in [1.29, 1.82) is 0 Å². The molecule has 2 N–H and O–H groups in total. The highest BCUT2D eigenvalue weighted by Gasteiger charge is 2.32. The molecule has 1 aliphatic heterocycles. The summed E-state index contributed by atoms with van der Waals surface area (Å²) in [5.41, 5.74) is 7.30. The monoisotopic (exact) mass is 518 g/mol. The first-order valence-corrected chi connectivity index (χ1v) is 12.7. The lowest BCUT2D eigenvalue weighted by molar-refractivity contribution is -0.117. The first kappa shape index (κ1) is 25.6. The van der Waals surface area contributed by atoms with Crippen LogP contribution in [0.5, 0.6) is 5.75 Å². The second-order valence-electron chi connectivity index (χ2n) is 9.93. The summed E-state index contributed by atoms with van der Waals surface area (Å²) in [6.07, 6.45) is 5.73. The van der Waals surface area contributed by atoms with Crippen molar-refractivity contribution < 1.29 is 18.6 Å². The van der Waals surface area contributed by atoms with Crippen LogP contribution in [0.15, 0.2) is 69.9 Å². The Balaban J connectivity index is 1.23. The molecule has 38 heavy (non-hydrogen) atoms. The summed E-state index contributed by atoms with van der Waals surface area (Å²) in [5.74, 6) is 0.357. The van der Waals surface area contributed by atoms with Gasteiger partial charge in [0.25, 0.3) is 5.91 Å². The third kappa shape index (κ3) is 5.45.